The highest BCUT2D eigenvalue weighted by Crippen LogP contribution is 2.35. The summed E-state index contributed by atoms with van der Waals surface area (Å²) in [5, 5.41) is 2.99. The Hall–Kier alpha value is -2.24. The lowest BCUT2D eigenvalue weighted by molar-refractivity contribution is 0.0501. The van der Waals surface area contributed by atoms with Gasteiger partial charge in [0.1, 0.15) is 11.4 Å². The average molecular weight is 417 g/mol. The van der Waals surface area contributed by atoms with Gasteiger partial charge in [0.05, 0.1) is 18.2 Å². The minimum Gasteiger partial charge on any atom is -0.492 e. The first-order valence-electron chi connectivity index (χ1n) is 11.3. The number of carbonyl (C=O) groups is 2. The van der Waals surface area contributed by atoms with Crippen LogP contribution in [0.1, 0.15) is 99.7 Å². The Morgan fingerprint density at radius 3 is 2.43 bits per heavy atom. The second-order valence-corrected chi connectivity index (χ2v) is 9.67. The first kappa shape index (κ1) is 22.4. The Kier molecular flexibility index (Phi) is 7.27. The first-order chi connectivity index (χ1) is 14.2. The van der Waals surface area contributed by atoms with Crippen molar-refractivity contribution in [1.29, 1.82) is 0 Å². The van der Waals surface area contributed by atoms with Crippen LogP contribution in [0.2, 0.25) is 0 Å². The van der Waals surface area contributed by atoms with Crippen molar-refractivity contribution in [3.05, 3.63) is 28.8 Å². The van der Waals surface area contributed by atoms with Crippen LogP contribution >= 0.6 is 0 Å². The lowest BCUT2D eigenvalue weighted by atomic mass is 9.90. The smallest absolute Gasteiger partial charge is 0.408 e. The van der Waals surface area contributed by atoms with Gasteiger partial charge in [0.15, 0.2) is 0 Å². The zero-order valence-corrected chi connectivity index (χ0v) is 18.6. The molecule has 1 atom stereocenters. The Morgan fingerprint density at radius 2 is 1.77 bits per heavy atom. The van der Waals surface area contributed by atoms with E-state index in [0.29, 0.717) is 23.8 Å². The molecule has 0 saturated heterocycles. The van der Waals surface area contributed by atoms with Crippen molar-refractivity contribution >= 4 is 12.0 Å². The Morgan fingerprint density at radius 1 is 1.07 bits per heavy atom. The summed E-state index contributed by atoms with van der Waals surface area (Å²) in [7, 11) is 0. The van der Waals surface area contributed by atoms with Gasteiger partial charge >= 0.3 is 6.09 Å². The molecule has 6 nitrogen and oxygen atoms in total. The minimum atomic E-state index is -0.563. The van der Waals surface area contributed by atoms with Crippen molar-refractivity contribution < 1.29 is 19.1 Å². The fraction of sp³-hybridized carbons (Fsp3) is 0.667. The molecule has 2 aliphatic carbocycles. The van der Waals surface area contributed by atoms with Crippen molar-refractivity contribution in [2.75, 3.05) is 6.61 Å². The zero-order valence-electron chi connectivity index (χ0n) is 18.6. The van der Waals surface area contributed by atoms with E-state index in [9.17, 15) is 9.59 Å². The predicted octanol–water partition coefficient (Wildman–Crippen LogP) is 5.04. The maximum Gasteiger partial charge on any atom is 0.408 e. The number of alkyl carbamates (subject to hydrolysis) is 1. The van der Waals surface area contributed by atoms with Gasteiger partial charge in [0, 0.05) is 0 Å². The van der Waals surface area contributed by atoms with Crippen LogP contribution in [0.4, 0.5) is 4.79 Å². The zero-order chi connectivity index (χ0) is 21.7. The van der Waals surface area contributed by atoms with E-state index in [0.717, 1.165) is 36.8 Å². The Bertz CT molecular complexity index is 763. The molecular weight excluding hydrogens is 380 g/mol. The van der Waals surface area contributed by atoms with E-state index in [1.165, 1.54) is 32.1 Å². The molecule has 2 amide bonds. The Balaban J connectivity index is 1.82. The first-order valence-corrected chi connectivity index (χ1v) is 11.3. The molecule has 1 saturated carbocycles. The molecular formula is C24H36N2O4. The molecule has 1 aromatic carbocycles. The summed E-state index contributed by atoms with van der Waals surface area (Å²) in [4.78, 5) is 24.6. The largest absolute Gasteiger partial charge is 0.492 e. The van der Waals surface area contributed by atoms with E-state index in [1.807, 2.05) is 32.9 Å². The van der Waals surface area contributed by atoms with Crippen LogP contribution < -0.4 is 15.8 Å². The Labute approximate surface area is 179 Å². The number of hydrogen-bond acceptors (Lipinski definition) is 4. The number of rotatable bonds is 5. The van der Waals surface area contributed by atoms with Crippen molar-refractivity contribution in [2.24, 2.45) is 11.7 Å². The molecule has 1 fully saturated rings. The van der Waals surface area contributed by atoms with E-state index < -0.39 is 17.6 Å². The molecule has 30 heavy (non-hydrogen) atoms. The molecule has 0 aliphatic heterocycles. The van der Waals surface area contributed by atoms with Crippen LogP contribution in [0.3, 0.4) is 0 Å². The maximum absolute atomic E-state index is 12.4. The van der Waals surface area contributed by atoms with Crippen LogP contribution in [0, 0.1) is 5.92 Å². The molecule has 3 rings (SSSR count). The highest BCUT2D eigenvalue weighted by molar-refractivity contribution is 5.96. The molecule has 0 heterocycles. The van der Waals surface area contributed by atoms with Gasteiger partial charge < -0.3 is 20.5 Å². The monoisotopic (exact) mass is 416 g/mol. The van der Waals surface area contributed by atoms with Gasteiger partial charge in [0.2, 0.25) is 0 Å². The topological polar surface area (TPSA) is 90.7 Å². The van der Waals surface area contributed by atoms with Crippen LogP contribution in [0.25, 0.3) is 0 Å². The fourth-order valence-electron chi connectivity index (χ4n) is 4.47. The molecule has 0 radical (unpaired) electrons. The number of amides is 2. The number of hydrogen-bond donors (Lipinski definition) is 2. The summed E-state index contributed by atoms with van der Waals surface area (Å²) in [6.45, 7) is 6.15. The SMILES string of the molecule is CC(C)(C)OC(=O)NC1CCCCc2cc(OCC3CCCCC3)c(C(N)=O)cc21. The molecule has 2 aliphatic rings. The number of aryl methyl sites for hydroxylation is 1. The fourth-order valence-corrected chi connectivity index (χ4v) is 4.47. The molecule has 6 heteroatoms. The summed E-state index contributed by atoms with van der Waals surface area (Å²) >= 11 is 0. The molecule has 1 unspecified atom stereocenters. The lowest BCUT2D eigenvalue weighted by Gasteiger charge is -2.25. The molecule has 166 valence electrons. The van der Waals surface area contributed by atoms with Crippen molar-refractivity contribution in [3.63, 3.8) is 0 Å². The third-order valence-corrected chi connectivity index (χ3v) is 5.96. The number of nitrogens with two attached hydrogens (primary N) is 1. The van der Waals surface area contributed by atoms with Crippen molar-refractivity contribution in [2.45, 2.75) is 90.2 Å². The van der Waals surface area contributed by atoms with Crippen LogP contribution in [0.5, 0.6) is 5.75 Å². The summed E-state index contributed by atoms with van der Waals surface area (Å²) in [6.07, 6.45) is 9.41. The summed E-state index contributed by atoms with van der Waals surface area (Å²) in [5.41, 5.74) is 7.57. The van der Waals surface area contributed by atoms with Gasteiger partial charge in [-0.05, 0) is 82.1 Å². The van der Waals surface area contributed by atoms with E-state index in [4.69, 9.17) is 15.2 Å². The second-order valence-electron chi connectivity index (χ2n) is 9.67. The molecule has 3 N–H and O–H groups in total. The van der Waals surface area contributed by atoms with Gasteiger partial charge in [-0.3, -0.25) is 4.79 Å². The number of carbonyl (C=O) groups excluding carboxylic acids is 2. The second kappa shape index (κ2) is 9.71. The average Bonchev–Trinajstić information content (AvgIpc) is 2.86. The van der Waals surface area contributed by atoms with Crippen molar-refractivity contribution in [3.8, 4) is 5.75 Å². The maximum atomic E-state index is 12.4. The molecule has 1 aromatic rings. The van der Waals surface area contributed by atoms with E-state index in [2.05, 4.69) is 5.32 Å². The predicted molar refractivity (Wildman–Crippen MR) is 117 cm³/mol. The van der Waals surface area contributed by atoms with Gasteiger partial charge in [-0.1, -0.05) is 25.7 Å². The summed E-state index contributed by atoms with van der Waals surface area (Å²) in [6, 6.07) is 3.58. The molecule has 0 bridgehead atoms. The number of primary amides is 1. The van der Waals surface area contributed by atoms with Crippen LogP contribution in [-0.4, -0.2) is 24.2 Å². The summed E-state index contributed by atoms with van der Waals surface area (Å²) in [5.74, 6) is 0.612. The van der Waals surface area contributed by atoms with Gasteiger partial charge in [0.25, 0.3) is 5.91 Å². The lowest BCUT2D eigenvalue weighted by Crippen LogP contribution is -2.35. The number of ether oxygens (including phenoxy) is 2. The third kappa shape index (κ3) is 6.13. The third-order valence-electron chi connectivity index (χ3n) is 5.96. The summed E-state index contributed by atoms with van der Waals surface area (Å²) < 4.78 is 11.6. The van der Waals surface area contributed by atoms with E-state index in [1.54, 1.807) is 0 Å². The van der Waals surface area contributed by atoms with E-state index >= 15 is 0 Å². The van der Waals surface area contributed by atoms with Crippen LogP contribution in [-0.2, 0) is 11.2 Å². The molecule has 0 spiro atoms. The number of fused-ring (bicyclic) bond motifs is 1. The number of nitrogens with one attached hydrogen (secondary N) is 1. The van der Waals surface area contributed by atoms with Gasteiger partial charge in [-0.2, -0.15) is 0 Å². The standard InChI is InChI=1S/C24H36N2O4/c1-24(2,3)30-23(28)26-20-12-8-7-11-17-13-21(19(22(25)27)14-18(17)20)29-15-16-9-5-4-6-10-16/h13-14,16,20H,4-12,15H2,1-3H3,(H2,25,27)(H,26,28). The van der Waals surface area contributed by atoms with Crippen molar-refractivity contribution in [1.82, 2.24) is 5.32 Å². The van der Waals surface area contributed by atoms with Crippen LogP contribution in [0.15, 0.2) is 12.1 Å². The highest BCUT2D eigenvalue weighted by atomic mass is 16.6. The highest BCUT2D eigenvalue weighted by Gasteiger charge is 2.26. The van der Waals surface area contributed by atoms with E-state index in [-0.39, 0.29) is 6.04 Å². The molecule has 0 aromatic heterocycles. The van der Waals surface area contributed by atoms with Gasteiger partial charge in [-0.25, -0.2) is 4.79 Å². The number of benzene rings is 1. The minimum absolute atomic E-state index is 0.206. The van der Waals surface area contributed by atoms with Gasteiger partial charge in [-0.15, -0.1) is 0 Å². The normalized spacial score (nSPS) is 20.0. The quantitative estimate of drug-likeness (QED) is 0.658.